The predicted molar refractivity (Wildman–Crippen MR) is 143 cm³/mol. The van der Waals surface area contributed by atoms with Crippen LogP contribution in [0.4, 0.5) is 5.69 Å². The molecule has 4 rings (SSSR count). The molecule has 0 spiro atoms. The first-order valence-electron chi connectivity index (χ1n) is 11.6. The minimum Gasteiger partial charge on any atom is -0.478 e. The van der Waals surface area contributed by atoms with E-state index in [4.69, 9.17) is 0 Å². The highest BCUT2D eigenvalue weighted by Gasteiger charge is 2.20. The summed E-state index contributed by atoms with van der Waals surface area (Å²) in [6.45, 7) is 5.48. The molecule has 182 valence electrons. The Balaban J connectivity index is 1.31. The van der Waals surface area contributed by atoms with Crippen molar-refractivity contribution in [1.82, 2.24) is 9.88 Å². The lowest BCUT2D eigenvalue weighted by Gasteiger charge is -2.28. The molecule has 35 heavy (non-hydrogen) atoms. The number of aliphatic hydroxyl groups excluding tert-OH is 1. The number of carboxylic acids is 1. The van der Waals surface area contributed by atoms with Gasteiger partial charge in [0, 0.05) is 46.3 Å². The molecule has 7 heteroatoms. The van der Waals surface area contributed by atoms with Crippen LogP contribution in [0.2, 0.25) is 0 Å². The molecule has 1 heterocycles. The van der Waals surface area contributed by atoms with Gasteiger partial charge in [0.2, 0.25) is 0 Å². The van der Waals surface area contributed by atoms with E-state index in [-0.39, 0.29) is 5.54 Å². The first-order valence-corrected chi connectivity index (χ1v) is 12.5. The Labute approximate surface area is 210 Å². The van der Waals surface area contributed by atoms with Gasteiger partial charge in [-0.15, -0.1) is 0 Å². The van der Waals surface area contributed by atoms with Gasteiger partial charge in [-0.2, -0.15) is 0 Å². The molecular weight excluding hydrogens is 458 g/mol. The SMILES string of the molecule is CC(C)(CCn1ccc2cc(C(=O)O)ccc21)NCC(O)c1cccc(NSc2ccccc2)c1. The van der Waals surface area contributed by atoms with Crippen LogP contribution < -0.4 is 10.0 Å². The summed E-state index contributed by atoms with van der Waals surface area (Å²) in [7, 11) is 0. The zero-order chi connectivity index (χ0) is 24.8. The van der Waals surface area contributed by atoms with Crippen molar-refractivity contribution in [3.05, 3.63) is 96.2 Å². The van der Waals surface area contributed by atoms with E-state index < -0.39 is 12.1 Å². The number of aliphatic hydroxyl groups is 1. The standard InChI is InChI=1S/C28H31N3O3S/c1-28(2,14-16-31-15-13-20-17-22(27(33)34)11-12-25(20)31)29-19-26(32)21-7-6-8-23(18-21)30-35-24-9-4-3-5-10-24/h3-13,15,17-18,26,29-30,32H,14,16,19H2,1-2H3,(H,33,34). The van der Waals surface area contributed by atoms with E-state index >= 15 is 0 Å². The van der Waals surface area contributed by atoms with E-state index in [1.807, 2.05) is 72.9 Å². The van der Waals surface area contributed by atoms with Crippen molar-refractivity contribution in [3.63, 3.8) is 0 Å². The molecule has 0 aliphatic heterocycles. The minimum atomic E-state index is -0.917. The Kier molecular flexibility index (Phi) is 7.80. The molecule has 0 amide bonds. The van der Waals surface area contributed by atoms with Gasteiger partial charge in [-0.05, 0) is 86.3 Å². The molecule has 1 aromatic heterocycles. The molecule has 1 atom stereocenters. The van der Waals surface area contributed by atoms with E-state index in [1.165, 1.54) is 0 Å². The number of hydrogen-bond donors (Lipinski definition) is 4. The average Bonchev–Trinajstić information content (AvgIpc) is 3.28. The molecule has 4 aromatic rings. The monoisotopic (exact) mass is 489 g/mol. The second kappa shape index (κ2) is 11.0. The number of aromatic carboxylic acids is 1. The fourth-order valence-electron chi connectivity index (χ4n) is 3.92. The predicted octanol–water partition coefficient (Wildman–Crippen LogP) is 5.95. The third-order valence-electron chi connectivity index (χ3n) is 6.07. The maximum Gasteiger partial charge on any atom is 0.335 e. The summed E-state index contributed by atoms with van der Waals surface area (Å²) in [5, 5.41) is 24.4. The number of aromatic nitrogens is 1. The van der Waals surface area contributed by atoms with Gasteiger partial charge >= 0.3 is 5.97 Å². The third kappa shape index (κ3) is 6.66. The van der Waals surface area contributed by atoms with Crippen molar-refractivity contribution in [2.45, 2.75) is 43.4 Å². The largest absolute Gasteiger partial charge is 0.478 e. The van der Waals surface area contributed by atoms with Crippen LogP contribution >= 0.6 is 11.9 Å². The Morgan fingerprint density at radius 1 is 1.03 bits per heavy atom. The van der Waals surface area contributed by atoms with Crippen molar-refractivity contribution in [3.8, 4) is 0 Å². The van der Waals surface area contributed by atoms with Crippen LogP contribution in [0, 0.1) is 0 Å². The smallest absolute Gasteiger partial charge is 0.335 e. The number of aryl methyl sites for hydroxylation is 1. The van der Waals surface area contributed by atoms with E-state index in [0.717, 1.165) is 40.0 Å². The number of carboxylic acid groups (broad SMARTS) is 1. The molecule has 6 nitrogen and oxygen atoms in total. The van der Waals surface area contributed by atoms with E-state index in [1.54, 1.807) is 24.1 Å². The van der Waals surface area contributed by atoms with Crippen LogP contribution in [0.5, 0.6) is 0 Å². The number of fused-ring (bicyclic) bond motifs is 1. The maximum absolute atomic E-state index is 11.2. The molecule has 0 saturated carbocycles. The van der Waals surface area contributed by atoms with E-state index in [0.29, 0.717) is 12.1 Å². The lowest BCUT2D eigenvalue weighted by atomic mass is 9.99. The lowest BCUT2D eigenvalue weighted by molar-refractivity contribution is 0.0697. The second-order valence-electron chi connectivity index (χ2n) is 9.26. The Morgan fingerprint density at radius 2 is 1.83 bits per heavy atom. The van der Waals surface area contributed by atoms with Crippen molar-refractivity contribution in [1.29, 1.82) is 0 Å². The number of hydrogen-bond acceptors (Lipinski definition) is 5. The minimum absolute atomic E-state index is 0.197. The fourth-order valence-corrected chi connectivity index (χ4v) is 4.58. The molecule has 0 radical (unpaired) electrons. The summed E-state index contributed by atoms with van der Waals surface area (Å²) >= 11 is 1.54. The molecule has 3 aromatic carbocycles. The molecular formula is C28H31N3O3S. The summed E-state index contributed by atoms with van der Waals surface area (Å²) in [6, 6.07) is 25.1. The first-order chi connectivity index (χ1) is 16.8. The highest BCUT2D eigenvalue weighted by molar-refractivity contribution is 8.00. The van der Waals surface area contributed by atoms with Gasteiger partial charge in [0.05, 0.1) is 11.7 Å². The van der Waals surface area contributed by atoms with Gasteiger partial charge in [0.15, 0.2) is 0 Å². The first kappa shape index (κ1) is 24.9. The number of benzene rings is 3. The summed E-state index contributed by atoms with van der Waals surface area (Å²) in [4.78, 5) is 12.3. The molecule has 4 N–H and O–H groups in total. The van der Waals surface area contributed by atoms with Crippen LogP contribution in [-0.4, -0.2) is 32.8 Å². The van der Waals surface area contributed by atoms with Crippen LogP contribution in [-0.2, 0) is 6.54 Å². The topological polar surface area (TPSA) is 86.5 Å². The Morgan fingerprint density at radius 3 is 2.60 bits per heavy atom. The number of carbonyl (C=O) groups is 1. The van der Waals surface area contributed by atoms with Gasteiger partial charge < -0.3 is 24.8 Å². The van der Waals surface area contributed by atoms with Crippen LogP contribution in [0.1, 0.15) is 42.3 Å². The Hall–Kier alpha value is -3.26. The highest BCUT2D eigenvalue weighted by Crippen LogP contribution is 2.24. The molecule has 0 aliphatic rings. The van der Waals surface area contributed by atoms with E-state index in [2.05, 4.69) is 28.5 Å². The average molecular weight is 490 g/mol. The van der Waals surface area contributed by atoms with Crippen molar-refractivity contribution in [2.75, 3.05) is 11.3 Å². The number of nitrogens with zero attached hydrogens (tertiary/aromatic N) is 1. The third-order valence-corrected chi connectivity index (χ3v) is 6.92. The fraction of sp³-hybridized carbons (Fsp3) is 0.250. The zero-order valence-electron chi connectivity index (χ0n) is 19.9. The molecule has 0 fully saturated rings. The van der Waals surface area contributed by atoms with Crippen molar-refractivity contribution in [2.24, 2.45) is 0 Å². The van der Waals surface area contributed by atoms with Crippen LogP contribution in [0.25, 0.3) is 10.9 Å². The van der Waals surface area contributed by atoms with Gasteiger partial charge in [0.25, 0.3) is 0 Å². The molecule has 0 aliphatic carbocycles. The molecule has 0 saturated heterocycles. The van der Waals surface area contributed by atoms with Gasteiger partial charge in [-0.25, -0.2) is 4.79 Å². The Bertz CT molecular complexity index is 1290. The molecule has 1 unspecified atom stereocenters. The number of β-amino-alcohol motifs (C(OH)–C–C–N with tert-alkyl or cyclic N) is 1. The van der Waals surface area contributed by atoms with Gasteiger partial charge in [-0.1, -0.05) is 30.3 Å². The van der Waals surface area contributed by atoms with Crippen LogP contribution in [0.15, 0.2) is 90.0 Å². The zero-order valence-corrected chi connectivity index (χ0v) is 20.8. The number of rotatable bonds is 11. The van der Waals surface area contributed by atoms with Gasteiger partial charge in [-0.3, -0.25) is 0 Å². The van der Waals surface area contributed by atoms with Crippen LogP contribution in [0.3, 0.4) is 0 Å². The molecule has 0 bridgehead atoms. The maximum atomic E-state index is 11.2. The van der Waals surface area contributed by atoms with Crippen molar-refractivity contribution < 1.29 is 15.0 Å². The number of nitrogens with one attached hydrogen (secondary N) is 2. The normalized spacial score (nSPS) is 12.5. The van der Waals surface area contributed by atoms with Gasteiger partial charge in [0.1, 0.15) is 0 Å². The summed E-state index contributed by atoms with van der Waals surface area (Å²) < 4.78 is 5.48. The van der Waals surface area contributed by atoms with Crippen molar-refractivity contribution >= 4 is 34.5 Å². The second-order valence-corrected chi connectivity index (χ2v) is 10.1. The summed E-state index contributed by atoms with van der Waals surface area (Å²) in [5.74, 6) is -0.917. The lowest BCUT2D eigenvalue weighted by Crippen LogP contribution is -2.42. The summed E-state index contributed by atoms with van der Waals surface area (Å²) in [5.41, 5.74) is 2.92. The van der Waals surface area contributed by atoms with E-state index in [9.17, 15) is 15.0 Å². The summed E-state index contributed by atoms with van der Waals surface area (Å²) in [6.07, 6.45) is 2.21. The number of anilines is 1. The highest BCUT2D eigenvalue weighted by atomic mass is 32.2. The quantitative estimate of drug-likeness (QED) is 0.195.